The average molecular weight is 267 g/mol. The molecule has 100 valence electrons. The summed E-state index contributed by atoms with van der Waals surface area (Å²) in [6.07, 6.45) is 3.53. The summed E-state index contributed by atoms with van der Waals surface area (Å²) in [6.45, 7) is 6.37. The molecule has 0 amide bonds. The van der Waals surface area contributed by atoms with Crippen molar-refractivity contribution in [3.8, 4) is 0 Å². The fourth-order valence-corrected chi connectivity index (χ4v) is 3.65. The number of nitrogens with one attached hydrogen (secondary N) is 1. The third-order valence-corrected chi connectivity index (χ3v) is 5.43. The number of rotatable bonds is 4. The van der Waals surface area contributed by atoms with E-state index in [0.29, 0.717) is 17.4 Å². The van der Waals surface area contributed by atoms with Crippen LogP contribution in [-0.4, -0.2) is 15.0 Å². The predicted octanol–water partition coefficient (Wildman–Crippen LogP) is 2.69. The molecule has 1 fully saturated rings. The number of benzene rings is 1. The van der Waals surface area contributed by atoms with E-state index < -0.39 is 10.0 Å². The van der Waals surface area contributed by atoms with Crippen LogP contribution in [0.4, 0.5) is 0 Å². The van der Waals surface area contributed by atoms with E-state index in [1.54, 1.807) is 6.07 Å². The van der Waals surface area contributed by atoms with Crippen LogP contribution in [-0.2, 0) is 10.0 Å². The molecule has 1 N–H and O–H groups in total. The quantitative estimate of drug-likeness (QED) is 0.911. The zero-order valence-corrected chi connectivity index (χ0v) is 12.1. The average Bonchev–Trinajstić information content (AvgIpc) is 2.20. The summed E-state index contributed by atoms with van der Waals surface area (Å²) in [5.74, 6) is 0.534. The zero-order chi connectivity index (χ0) is 13.3. The van der Waals surface area contributed by atoms with Crippen molar-refractivity contribution >= 4 is 10.0 Å². The van der Waals surface area contributed by atoms with Gasteiger partial charge in [-0.25, -0.2) is 13.1 Å². The first-order valence-electron chi connectivity index (χ1n) is 6.47. The highest BCUT2D eigenvalue weighted by Crippen LogP contribution is 2.26. The Morgan fingerprint density at radius 2 is 1.72 bits per heavy atom. The molecule has 0 unspecified atom stereocenters. The molecule has 0 radical (unpaired) electrons. The molecule has 0 saturated heterocycles. The van der Waals surface area contributed by atoms with Gasteiger partial charge in [-0.15, -0.1) is 0 Å². The Labute approximate surface area is 110 Å². The lowest BCUT2D eigenvalue weighted by atomic mass is 9.86. The molecule has 4 heteroatoms. The lowest BCUT2D eigenvalue weighted by molar-refractivity contribution is 0.316. The van der Waals surface area contributed by atoms with Crippen molar-refractivity contribution in [1.82, 2.24) is 4.72 Å². The third kappa shape index (κ3) is 2.75. The normalized spacial score (nSPS) is 16.6. The maximum absolute atomic E-state index is 12.2. The molecule has 1 aromatic rings. The van der Waals surface area contributed by atoms with Gasteiger partial charge in [-0.2, -0.15) is 0 Å². The van der Waals surface area contributed by atoms with Gasteiger partial charge in [-0.3, -0.25) is 0 Å². The minimum Gasteiger partial charge on any atom is -0.211 e. The molecule has 1 aliphatic carbocycles. The monoisotopic (exact) mass is 267 g/mol. The third-order valence-electron chi connectivity index (χ3n) is 3.87. The Hall–Kier alpha value is -0.870. The number of hydrogen-bond acceptors (Lipinski definition) is 2. The van der Waals surface area contributed by atoms with Gasteiger partial charge >= 0.3 is 0 Å². The molecule has 1 aliphatic rings. The van der Waals surface area contributed by atoms with Crippen LogP contribution in [0.1, 0.15) is 36.0 Å². The van der Waals surface area contributed by atoms with Gasteiger partial charge in [0.15, 0.2) is 0 Å². The fraction of sp³-hybridized carbons (Fsp3) is 0.571. The predicted molar refractivity (Wildman–Crippen MR) is 73.2 cm³/mol. The molecular formula is C14H21NO2S. The van der Waals surface area contributed by atoms with Crippen molar-refractivity contribution in [3.63, 3.8) is 0 Å². The number of hydrogen-bond donors (Lipinski definition) is 1. The van der Waals surface area contributed by atoms with E-state index >= 15 is 0 Å². The molecule has 0 spiro atoms. The Balaban J connectivity index is 2.20. The minimum absolute atomic E-state index is 0.421. The van der Waals surface area contributed by atoms with Crippen LogP contribution in [0.15, 0.2) is 17.0 Å². The van der Waals surface area contributed by atoms with E-state index in [2.05, 4.69) is 4.72 Å². The van der Waals surface area contributed by atoms with Crippen molar-refractivity contribution in [2.75, 3.05) is 6.54 Å². The molecule has 0 heterocycles. The van der Waals surface area contributed by atoms with Crippen molar-refractivity contribution in [3.05, 3.63) is 28.8 Å². The maximum Gasteiger partial charge on any atom is 0.240 e. The van der Waals surface area contributed by atoms with E-state index in [0.717, 1.165) is 29.5 Å². The van der Waals surface area contributed by atoms with Crippen LogP contribution >= 0.6 is 0 Å². The molecule has 18 heavy (non-hydrogen) atoms. The van der Waals surface area contributed by atoms with Crippen LogP contribution in [0.25, 0.3) is 0 Å². The van der Waals surface area contributed by atoms with E-state index in [4.69, 9.17) is 0 Å². The van der Waals surface area contributed by atoms with Gasteiger partial charge in [0.2, 0.25) is 10.0 Å². The Kier molecular flexibility index (Phi) is 3.78. The van der Waals surface area contributed by atoms with Crippen molar-refractivity contribution in [1.29, 1.82) is 0 Å². The fourth-order valence-electron chi connectivity index (χ4n) is 2.23. The number of sulfonamides is 1. The van der Waals surface area contributed by atoms with E-state index in [-0.39, 0.29) is 0 Å². The number of aryl methyl sites for hydroxylation is 3. The van der Waals surface area contributed by atoms with Crippen molar-refractivity contribution < 1.29 is 8.42 Å². The summed E-state index contributed by atoms with van der Waals surface area (Å²) in [7, 11) is -3.35. The second-order valence-corrected chi connectivity index (χ2v) is 7.09. The first-order valence-corrected chi connectivity index (χ1v) is 7.96. The minimum atomic E-state index is -3.35. The SMILES string of the molecule is Cc1cc(C)c(S(=O)(=O)NCC2CCC2)cc1C. The Morgan fingerprint density at radius 3 is 2.28 bits per heavy atom. The molecule has 0 atom stereocenters. The second-order valence-electron chi connectivity index (χ2n) is 5.35. The topological polar surface area (TPSA) is 46.2 Å². The van der Waals surface area contributed by atoms with Gasteiger partial charge < -0.3 is 0 Å². The van der Waals surface area contributed by atoms with Gasteiger partial charge in [-0.1, -0.05) is 12.5 Å². The lowest BCUT2D eigenvalue weighted by Crippen LogP contribution is -2.32. The smallest absolute Gasteiger partial charge is 0.211 e. The molecule has 0 aromatic heterocycles. The summed E-state index contributed by atoms with van der Waals surface area (Å²) in [4.78, 5) is 0.421. The molecule has 0 aliphatic heterocycles. The van der Waals surface area contributed by atoms with Crippen molar-refractivity contribution in [2.24, 2.45) is 5.92 Å². The van der Waals surface area contributed by atoms with Gasteiger partial charge in [0.1, 0.15) is 0 Å². The molecule has 1 aromatic carbocycles. The Morgan fingerprint density at radius 1 is 1.11 bits per heavy atom. The second kappa shape index (κ2) is 5.02. The lowest BCUT2D eigenvalue weighted by Gasteiger charge is -2.25. The van der Waals surface area contributed by atoms with Crippen LogP contribution in [0, 0.1) is 26.7 Å². The van der Waals surface area contributed by atoms with Crippen LogP contribution in [0.2, 0.25) is 0 Å². The molecule has 1 saturated carbocycles. The molecule has 0 bridgehead atoms. The first-order chi connectivity index (χ1) is 8.40. The summed E-state index contributed by atoms with van der Waals surface area (Å²) in [6, 6.07) is 3.71. The highest BCUT2D eigenvalue weighted by atomic mass is 32.2. The Bertz CT molecular complexity index is 545. The summed E-state index contributed by atoms with van der Waals surface area (Å²) in [5.41, 5.74) is 2.97. The van der Waals surface area contributed by atoms with Gasteiger partial charge in [0.25, 0.3) is 0 Å². The maximum atomic E-state index is 12.2. The molecular weight excluding hydrogens is 246 g/mol. The van der Waals surface area contributed by atoms with Crippen LogP contribution in [0.3, 0.4) is 0 Å². The largest absolute Gasteiger partial charge is 0.240 e. The molecule has 3 nitrogen and oxygen atoms in total. The highest BCUT2D eigenvalue weighted by molar-refractivity contribution is 7.89. The standard InChI is InChI=1S/C14H21NO2S/c1-10-7-12(3)14(8-11(10)2)18(16,17)15-9-13-5-4-6-13/h7-8,13,15H,4-6,9H2,1-3H3. The van der Waals surface area contributed by atoms with E-state index in [1.165, 1.54) is 6.42 Å². The van der Waals surface area contributed by atoms with Crippen LogP contribution in [0.5, 0.6) is 0 Å². The molecule has 2 rings (SSSR count). The zero-order valence-electron chi connectivity index (χ0n) is 11.3. The highest BCUT2D eigenvalue weighted by Gasteiger charge is 2.22. The van der Waals surface area contributed by atoms with E-state index in [1.807, 2.05) is 26.8 Å². The summed E-state index contributed by atoms with van der Waals surface area (Å²) >= 11 is 0. The summed E-state index contributed by atoms with van der Waals surface area (Å²) in [5, 5.41) is 0. The van der Waals surface area contributed by atoms with Crippen LogP contribution < -0.4 is 4.72 Å². The van der Waals surface area contributed by atoms with Gasteiger partial charge in [0.05, 0.1) is 4.90 Å². The van der Waals surface area contributed by atoms with Crippen molar-refractivity contribution in [2.45, 2.75) is 44.9 Å². The van der Waals surface area contributed by atoms with Gasteiger partial charge in [-0.05, 0) is 62.3 Å². The first kappa shape index (κ1) is 13.6. The summed E-state index contributed by atoms with van der Waals surface area (Å²) < 4.78 is 27.2. The van der Waals surface area contributed by atoms with E-state index in [9.17, 15) is 8.42 Å². The van der Waals surface area contributed by atoms with Gasteiger partial charge in [0, 0.05) is 6.54 Å².